The number of hydrogen-bond acceptors (Lipinski definition) is 4. The van der Waals surface area contributed by atoms with Crippen molar-refractivity contribution in [2.45, 2.75) is 37.8 Å². The van der Waals surface area contributed by atoms with Gasteiger partial charge in [-0.2, -0.15) is 0 Å². The molecule has 0 fully saturated rings. The monoisotopic (exact) mass is 579 g/mol. The second-order valence-electron chi connectivity index (χ2n) is 8.32. The van der Waals surface area contributed by atoms with Crippen molar-refractivity contribution in [3.63, 3.8) is 0 Å². The number of anilines is 1. The predicted octanol–water partition coefficient (Wildman–Crippen LogP) is 5.27. The first-order chi connectivity index (χ1) is 18.1. The highest BCUT2D eigenvalue weighted by Crippen LogP contribution is 2.29. The molecule has 11 heteroatoms. The Kier molecular flexibility index (Phi) is 10.1. The molecule has 0 aliphatic rings. The molecule has 0 bridgehead atoms. The first kappa shape index (κ1) is 29.4. The lowest BCUT2D eigenvalue weighted by Crippen LogP contribution is -2.52. The Labute approximate surface area is 232 Å². The topological polar surface area (TPSA) is 86.8 Å². The minimum atomic E-state index is -4.36. The molecule has 202 valence electrons. The SMILES string of the molecule is CCNC(=O)[C@H](CC)N(Cc1c(Cl)cccc1Cl)C(=O)CN(c1ccccc1F)S(=O)(=O)c1ccccc1. The third-order valence-electron chi connectivity index (χ3n) is 5.86. The van der Waals surface area contributed by atoms with E-state index in [0.29, 0.717) is 16.4 Å². The van der Waals surface area contributed by atoms with Crippen molar-refractivity contribution in [2.24, 2.45) is 0 Å². The summed E-state index contributed by atoms with van der Waals surface area (Å²) < 4.78 is 42.9. The largest absolute Gasteiger partial charge is 0.355 e. The zero-order valence-electron chi connectivity index (χ0n) is 20.9. The van der Waals surface area contributed by atoms with Gasteiger partial charge in [-0.25, -0.2) is 12.8 Å². The van der Waals surface area contributed by atoms with Crippen molar-refractivity contribution in [2.75, 3.05) is 17.4 Å². The Morgan fingerprint density at radius 2 is 1.53 bits per heavy atom. The van der Waals surface area contributed by atoms with Crippen LogP contribution in [0.2, 0.25) is 10.0 Å². The van der Waals surface area contributed by atoms with Crippen LogP contribution in [0.25, 0.3) is 0 Å². The number of nitrogens with one attached hydrogen (secondary N) is 1. The zero-order chi connectivity index (χ0) is 27.9. The van der Waals surface area contributed by atoms with Gasteiger partial charge in [-0.1, -0.05) is 66.5 Å². The molecule has 3 aromatic rings. The van der Waals surface area contributed by atoms with Gasteiger partial charge in [0, 0.05) is 28.7 Å². The summed E-state index contributed by atoms with van der Waals surface area (Å²) >= 11 is 12.7. The molecular formula is C27H28Cl2FN3O4S. The average Bonchev–Trinajstić information content (AvgIpc) is 2.89. The zero-order valence-corrected chi connectivity index (χ0v) is 23.2. The van der Waals surface area contributed by atoms with Crippen LogP contribution in [0, 0.1) is 5.82 Å². The number of sulfonamides is 1. The van der Waals surface area contributed by atoms with Gasteiger partial charge >= 0.3 is 0 Å². The van der Waals surface area contributed by atoms with Crippen LogP contribution >= 0.6 is 23.2 Å². The second-order valence-corrected chi connectivity index (χ2v) is 11.0. The van der Waals surface area contributed by atoms with Crippen LogP contribution in [0.5, 0.6) is 0 Å². The van der Waals surface area contributed by atoms with E-state index in [1.54, 1.807) is 38.1 Å². The van der Waals surface area contributed by atoms with Crippen LogP contribution in [-0.2, 0) is 26.2 Å². The van der Waals surface area contributed by atoms with Gasteiger partial charge in [0.25, 0.3) is 10.0 Å². The molecule has 0 heterocycles. The molecule has 0 saturated carbocycles. The number of carbonyl (C=O) groups excluding carboxylic acids is 2. The minimum Gasteiger partial charge on any atom is -0.355 e. The minimum absolute atomic E-state index is 0.118. The van der Waals surface area contributed by atoms with E-state index in [4.69, 9.17) is 23.2 Å². The van der Waals surface area contributed by atoms with E-state index in [2.05, 4.69) is 5.32 Å². The molecule has 38 heavy (non-hydrogen) atoms. The normalized spacial score (nSPS) is 12.0. The van der Waals surface area contributed by atoms with Gasteiger partial charge in [-0.05, 0) is 49.7 Å². The van der Waals surface area contributed by atoms with Crippen molar-refractivity contribution >= 4 is 50.7 Å². The number of halogens is 3. The molecule has 0 unspecified atom stereocenters. The summed E-state index contributed by atoms with van der Waals surface area (Å²) in [6.07, 6.45) is 0.227. The summed E-state index contributed by atoms with van der Waals surface area (Å²) in [5, 5.41) is 3.27. The summed E-state index contributed by atoms with van der Waals surface area (Å²) in [5.41, 5.74) is 0.0989. The average molecular weight is 581 g/mol. The molecule has 0 saturated heterocycles. The number of carbonyl (C=O) groups is 2. The van der Waals surface area contributed by atoms with Crippen LogP contribution in [0.1, 0.15) is 25.8 Å². The molecule has 0 aliphatic carbocycles. The highest BCUT2D eigenvalue weighted by Gasteiger charge is 2.34. The number of hydrogen-bond donors (Lipinski definition) is 1. The molecule has 3 aromatic carbocycles. The molecule has 3 rings (SSSR count). The molecule has 7 nitrogen and oxygen atoms in total. The fraction of sp³-hybridized carbons (Fsp3) is 0.259. The number of para-hydroxylation sites is 1. The lowest BCUT2D eigenvalue weighted by molar-refractivity contribution is -0.140. The van der Waals surface area contributed by atoms with E-state index in [0.717, 1.165) is 6.07 Å². The van der Waals surface area contributed by atoms with E-state index in [1.807, 2.05) is 0 Å². The first-order valence-electron chi connectivity index (χ1n) is 11.9. The van der Waals surface area contributed by atoms with Gasteiger partial charge < -0.3 is 10.2 Å². The fourth-order valence-electron chi connectivity index (χ4n) is 3.95. The van der Waals surface area contributed by atoms with Gasteiger partial charge in [0.15, 0.2) is 0 Å². The number of amides is 2. The number of nitrogens with zero attached hydrogens (tertiary/aromatic N) is 2. The van der Waals surface area contributed by atoms with Gasteiger partial charge in [0.2, 0.25) is 11.8 Å². The molecule has 0 spiro atoms. The Hall–Kier alpha value is -3.14. The molecule has 0 aliphatic heterocycles. The standard InChI is InChI=1S/C27H28Cl2FN3O4S/c1-3-24(27(35)31-4-2)32(17-20-21(28)13-10-14-22(20)29)26(34)18-33(25-16-9-8-15-23(25)30)38(36,37)19-11-6-5-7-12-19/h5-16,24H,3-4,17-18H2,1-2H3,(H,31,35)/t24-/m0/s1. The second kappa shape index (κ2) is 13.1. The Bertz CT molecular complexity index is 1370. The smallest absolute Gasteiger partial charge is 0.264 e. The van der Waals surface area contributed by atoms with Crippen LogP contribution in [0.15, 0.2) is 77.7 Å². The maximum atomic E-state index is 14.9. The number of benzene rings is 3. The van der Waals surface area contributed by atoms with E-state index in [-0.39, 0.29) is 33.6 Å². The summed E-state index contributed by atoms with van der Waals surface area (Å²) in [6, 6.07) is 16.6. The summed E-state index contributed by atoms with van der Waals surface area (Å²) in [6.45, 7) is 2.87. The lowest BCUT2D eigenvalue weighted by atomic mass is 10.1. The van der Waals surface area contributed by atoms with Crippen molar-refractivity contribution in [3.8, 4) is 0 Å². The summed E-state index contributed by atoms with van der Waals surface area (Å²) in [4.78, 5) is 27.9. The van der Waals surface area contributed by atoms with Gasteiger partial charge in [-0.15, -0.1) is 0 Å². The van der Waals surface area contributed by atoms with Gasteiger partial charge in [0.05, 0.1) is 10.6 Å². The molecular weight excluding hydrogens is 552 g/mol. The molecule has 1 atom stereocenters. The summed E-state index contributed by atoms with van der Waals surface area (Å²) in [5.74, 6) is -1.98. The van der Waals surface area contributed by atoms with Crippen LogP contribution < -0.4 is 9.62 Å². The molecule has 1 N–H and O–H groups in total. The first-order valence-corrected chi connectivity index (χ1v) is 14.1. The molecule has 0 radical (unpaired) electrons. The van der Waals surface area contributed by atoms with Crippen molar-refractivity contribution in [3.05, 3.63) is 94.2 Å². The third-order valence-corrected chi connectivity index (χ3v) is 8.34. The maximum Gasteiger partial charge on any atom is 0.264 e. The summed E-state index contributed by atoms with van der Waals surface area (Å²) in [7, 11) is -4.36. The lowest BCUT2D eigenvalue weighted by Gasteiger charge is -2.33. The van der Waals surface area contributed by atoms with Gasteiger partial charge in [0.1, 0.15) is 18.4 Å². The van der Waals surface area contributed by atoms with E-state index in [1.165, 1.54) is 47.4 Å². The van der Waals surface area contributed by atoms with E-state index in [9.17, 15) is 22.4 Å². The number of rotatable bonds is 11. The predicted molar refractivity (Wildman–Crippen MR) is 147 cm³/mol. The Morgan fingerprint density at radius 3 is 2.11 bits per heavy atom. The van der Waals surface area contributed by atoms with E-state index < -0.39 is 40.2 Å². The van der Waals surface area contributed by atoms with Crippen LogP contribution in [0.4, 0.5) is 10.1 Å². The van der Waals surface area contributed by atoms with Gasteiger partial charge in [-0.3, -0.25) is 13.9 Å². The van der Waals surface area contributed by atoms with E-state index >= 15 is 0 Å². The van der Waals surface area contributed by atoms with Crippen molar-refractivity contribution in [1.29, 1.82) is 0 Å². The molecule has 0 aromatic heterocycles. The fourth-order valence-corrected chi connectivity index (χ4v) is 5.91. The highest BCUT2D eigenvalue weighted by atomic mass is 35.5. The Morgan fingerprint density at radius 1 is 0.921 bits per heavy atom. The highest BCUT2D eigenvalue weighted by molar-refractivity contribution is 7.92. The molecule has 2 amide bonds. The quantitative estimate of drug-likeness (QED) is 0.335. The van der Waals surface area contributed by atoms with Crippen LogP contribution in [0.3, 0.4) is 0 Å². The van der Waals surface area contributed by atoms with Crippen molar-refractivity contribution in [1.82, 2.24) is 10.2 Å². The number of likely N-dealkylation sites (N-methyl/N-ethyl adjacent to an activating group) is 1. The third kappa shape index (κ3) is 6.64. The maximum absolute atomic E-state index is 14.9. The van der Waals surface area contributed by atoms with Crippen LogP contribution in [-0.4, -0.2) is 44.3 Å². The van der Waals surface area contributed by atoms with Crippen molar-refractivity contribution < 1.29 is 22.4 Å². The Balaban J connectivity index is 2.10.